The number of hydrogen-bond acceptors (Lipinski definition) is 4. The molecule has 2 rings (SSSR count). The maximum Gasteiger partial charge on any atom is 0.326 e. The summed E-state index contributed by atoms with van der Waals surface area (Å²) in [7, 11) is 0. The number of carbonyl (C=O) groups is 2. The molecule has 16 heavy (non-hydrogen) atoms. The van der Waals surface area contributed by atoms with Crippen LogP contribution in [-0.4, -0.2) is 58.3 Å². The Labute approximate surface area is 93.2 Å². The Balaban J connectivity index is 1.89. The summed E-state index contributed by atoms with van der Waals surface area (Å²) < 4.78 is 0. The monoisotopic (exact) mass is 228 g/mol. The number of aliphatic carboxylic acids is 1. The van der Waals surface area contributed by atoms with Crippen LogP contribution in [0.3, 0.4) is 0 Å². The van der Waals surface area contributed by atoms with Crippen LogP contribution in [0.5, 0.6) is 0 Å². The maximum atomic E-state index is 11.7. The Morgan fingerprint density at radius 2 is 2.06 bits per heavy atom. The third-order valence-electron chi connectivity index (χ3n) is 3.00. The van der Waals surface area contributed by atoms with E-state index in [4.69, 9.17) is 5.11 Å². The van der Waals surface area contributed by atoms with Gasteiger partial charge in [-0.1, -0.05) is 0 Å². The molecule has 1 heterocycles. The third kappa shape index (κ3) is 2.51. The van der Waals surface area contributed by atoms with Crippen molar-refractivity contribution in [3.05, 3.63) is 0 Å². The molecule has 3 N–H and O–H groups in total. The number of hydrogen-bond donors (Lipinski definition) is 3. The smallest absolute Gasteiger partial charge is 0.326 e. The zero-order valence-corrected chi connectivity index (χ0v) is 8.93. The highest BCUT2D eigenvalue weighted by atomic mass is 16.4. The van der Waals surface area contributed by atoms with Gasteiger partial charge in [-0.2, -0.15) is 0 Å². The first kappa shape index (κ1) is 11.3. The van der Waals surface area contributed by atoms with Crippen molar-refractivity contribution in [1.82, 2.24) is 10.2 Å². The molecule has 0 radical (unpaired) electrons. The van der Waals surface area contributed by atoms with Gasteiger partial charge in [0, 0.05) is 19.0 Å². The van der Waals surface area contributed by atoms with Gasteiger partial charge in [0.25, 0.3) is 0 Å². The molecule has 1 amide bonds. The van der Waals surface area contributed by atoms with Crippen LogP contribution in [-0.2, 0) is 9.59 Å². The first-order chi connectivity index (χ1) is 7.58. The van der Waals surface area contributed by atoms with Gasteiger partial charge in [-0.05, 0) is 12.8 Å². The van der Waals surface area contributed by atoms with Gasteiger partial charge in [-0.25, -0.2) is 4.79 Å². The Morgan fingerprint density at radius 3 is 2.62 bits per heavy atom. The van der Waals surface area contributed by atoms with Crippen LogP contribution in [0.25, 0.3) is 0 Å². The SMILES string of the molecule is O=C(O)C1CC(O)CN1C(=O)CNC1CC1. The predicted octanol–water partition coefficient (Wildman–Crippen LogP) is -1.22. The lowest BCUT2D eigenvalue weighted by molar-refractivity contribution is -0.147. The van der Waals surface area contributed by atoms with Crippen molar-refractivity contribution in [2.45, 2.75) is 37.5 Å². The number of likely N-dealkylation sites (tertiary alicyclic amines) is 1. The minimum Gasteiger partial charge on any atom is -0.480 e. The summed E-state index contributed by atoms with van der Waals surface area (Å²) in [6, 6.07) is -0.455. The Bertz CT molecular complexity index is 303. The number of amides is 1. The average molecular weight is 228 g/mol. The van der Waals surface area contributed by atoms with E-state index in [0.717, 1.165) is 12.8 Å². The lowest BCUT2D eigenvalue weighted by Gasteiger charge is -2.21. The van der Waals surface area contributed by atoms with Crippen molar-refractivity contribution in [2.24, 2.45) is 0 Å². The van der Waals surface area contributed by atoms with Crippen LogP contribution < -0.4 is 5.32 Å². The van der Waals surface area contributed by atoms with Gasteiger partial charge in [0.2, 0.25) is 5.91 Å². The van der Waals surface area contributed by atoms with E-state index in [0.29, 0.717) is 6.04 Å². The minimum atomic E-state index is -1.05. The molecule has 1 saturated heterocycles. The fourth-order valence-corrected chi connectivity index (χ4v) is 1.94. The van der Waals surface area contributed by atoms with E-state index in [1.165, 1.54) is 4.90 Å². The summed E-state index contributed by atoms with van der Waals surface area (Å²) in [6.07, 6.45) is 1.58. The Kier molecular flexibility index (Phi) is 3.11. The van der Waals surface area contributed by atoms with Gasteiger partial charge in [0.1, 0.15) is 6.04 Å². The molecule has 6 nitrogen and oxygen atoms in total. The molecular formula is C10H16N2O4. The van der Waals surface area contributed by atoms with E-state index in [1.54, 1.807) is 0 Å². The Morgan fingerprint density at radius 1 is 1.38 bits per heavy atom. The van der Waals surface area contributed by atoms with Crippen LogP contribution in [0, 0.1) is 0 Å². The van der Waals surface area contributed by atoms with Crippen LogP contribution in [0.1, 0.15) is 19.3 Å². The lowest BCUT2D eigenvalue weighted by Crippen LogP contribution is -2.45. The van der Waals surface area contributed by atoms with Crippen molar-refractivity contribution in [3.8, 4) is 0 Å². The summed E-state index contributed by atoms with van der Waals surface area (Å²) in [5.74, 6) is -1.29. The number of aliphatic hydroxyl groups is 1. The van der Waals surface area contributed by atoms with Crippen LogP contribution in [0.4, 0.5) is 0 Å². The van der Waals surface area contributed by atoms with Gasteiger partial charge in [-0.15, -0.1) is 0 Å². The standard InChI is InChI=1S/C10H16N2O4/c13-7-3-8(10(15)16)12(5-7)9(14)4-11-6-1-2-6/h6-8,11,13H,1-5H2,(H,15,16). The molecule has 2 atom stereocenters. The van der Waals surface area contributed by atoms with Gasteiger partial charge < -0.3 is 20.4 Å². The molecule has 2 fully saturated rings. The second kappa shape index (κ2) is 4.39. The molecule has 90 valence electrons. The molecule has 0 spiro atoms. The Hall–Kier alpha value is -1.14. The van der Waals surface area contributed by atoms with E-state index in [-0.39, 0.29) is 25.4 Å². The molecule has 1 saturated carbocycles. The fraction of sp³-hybridized carbons (Fsp3) is 0.800. The van der Waals surface area contributed by atoms with Crippen LogP contribution in [0.2, 0.25) is 0 Å². The average Bonchev–Trinajstić information content (AvgIpc) is 2.96. The minimum absolute atomic E-state index is 0.127. The van der Waals surface area contributed by atoms with Gasteiger partial charge in [-0.3, -0.25) is 4.79 Å². The summed E-state index contributed by atoms with van der Waals surface area (Å²) in [4.78, 5) is 23.9. The predicted molar refractivity (Wildman–Crippen MR) is 54.8 cm³/mol. The molecule has 1 aliphatic carbocycles. The van der Waals surface area contributed by atoms with Crippen LogP contribution in [0.15, 0.2) is 0 Å². The number of nitrogens with one attached hydrogen (secondary N) is 1. The largest absolute Gasteiger partial charge is 0.480 e. The van der Waals surface area contributed by atoms with E-state index in [9.17, 15) is 14.7 Å². The number of carboxylic acids is 1. The quantitative estimate of drug-likeness (QED) is 0.561. The van der Waals surface area contributed by atoms with Crippen molar-refractivity contribution in [2.75, 3.05) is 13.1 Å². The summed E-state index contributed by atoms with van der Waals surface area (Å²) in [5, 5.41) is 21.3. The molecule has 2 unspecified atom stereocenters. The first-order valence-corrected chi connectivity index (χ1v) is 5.51. The molecule has 0 aromatic heterocycles. The van der Waals surface area contributed by atoms with E-state index in [2.05, 4.69) is 5.32 Å². The van der Waals surface area contributed by atoms with Crippen molar-refractivity contribution in [3.63, 3.8) is 0 Å². The third-order valence-corrected chi connectivity index (χ3v) is 3.00. The first-order valence-electron chi connectivity index (χ1n) is 5.51. The number of aliphatic hydroxyl groups excluding tert-OH is 1. The normalized spacial score (nSPS) is 29.4. The molecule has 0 bridgehead atoms. The number of carboxylic acid groups (broad SMARTS) is 1. The summed E-state index contributed by atoms with van der Waals surface area (Å²) >= 11 is 0. The second-order valence-electron chi connectivity index (χ2n) is 4.44. The van der Waals surface area contributed by atoms with Gasteiger partial charge in [0.05, 0.1) is 12.6 Å². The number of carbonyl (C=O) groups excluding carboxylic acids is 1. The molecule has 0 aromatic rings. The van der Waals surface area contributed by atoms with Crippen LogP contribution >= 0.6 is 0 Å². The topological polar surface area (TPSA) is 89.9 Å². The highest BCUT2D eigenvalue weighted by molar-refractivity contribution is 5.85. The second-order valence-corrected chi connectivity index (χ2v) is 4.44. The van der Waals surface area contributed by atoms with Crippen molar-refractivity contribution in [1.29, 1.82) is 0 Å². The zero-order chi connectivity index (χ0) is 11.7. The maximum absolute atomic E-state index is 11.7. The number of β-amino-alcohol motifs (C(OH)–C–C–N with tert-alkyl or cyclic N) is 1. The number of rotatable bonds is 4. The summed E-state index contributed by atoms with van der Waals surface area (Å²) in [5.41, 5.74) is 0. The molecule has 6 heteroatoms. The molecule has 0 aromatic carbocycles. The fourth-order valence-electron chi connectivity index (χ4n) is 1.94. The van der Waals surface area contributed by atoms with Crippen molar-refractivity contribution < 1.29 is 19.8 Å². The van der Waals surface area contributed by atoms with Crippen molar-refractivity contribution >= 4 is 11.9 Å². The van der Waals surface area contributed by atoms with Gasteiger partial charge >= 0.3 is 5.97 Å². The molecule has 2 aliphatic rings. The highest BCUT2D eigenvalue weighted by Gasteiger charge is 2.38. The summed E-state index contributed by atoms with van der Waals surface area (Å²) in [6.45, 7) is 0.295. The van der Waals surface area contributed by atoms with E-state index >= 15 is 0 Å². The lowest BCUT2D eigenvalue weighted by atomic mass is 10.2. The molecule has 1 aliphatic heterocycles. The van der Waals surface area contributed by atoms with Gasteiger partial charge in [0.15, 0.2) is 0 Å². The number of nitrogens with zero attached hydrogens (tertiary/aromatic N) is 1. The van der Waals surface area contributed by atoms with E-state index < -0.39 is 18.1 Å². The zero-order valence-electron chi connectivity index (χ0n) is 8.93. The highest BCUT2D eigenvalue weighted by Crippen LogP contribution is 2.20. The van der Waals surface area contributed by atoms with E-state index in [1.807, 2.05) is 0 Å². The molecular weight excluding hydrogens is 212 g/mol.